The molecule has 1 aliphatic rings. The number of anilines is 1. The second kappa shape index (κ2) is 8.55. The van der Waals surface area contributed by atoms with Crippen LogP contribution in [0.1, 0.15) is 51.4 Å². The second-order valence-electron chi connectivity index (χ2n) is 7.65. The van der Waals surface area contributed by atoms with Gasteiger partial charge in [-0.3, -0.25) is 5.43 Å². The van der Waals surface area contributed by atoms with Crippen molar-refractivity contribution in [1.82, 2.24) is 0 Å². The summed E-state index contributed by atoms with van der Waals surface area (Å²) in [6, 6.07) is 9.42. The Morgan fingerprint density at radius 1 is 1.13 bits per heavy atom. The third-order valence-electron chi connectivity index (χ3n) is 5.30. The van der Waals surface area contributed by atoms with Gasteiger partial charge in [0.1, 0.15) is 17.3 Å². The van der Waals surface area contributed by atoms with E-state index in [2.05, 4.69) is 10.5 Å². The Morgan fingerprint density at radius 3 is 2.48 bits per heavy atom. The molecule has 0 bridgehead atoms. The van der Waals surface area contributed by atoms with E-state index >= 15 is 0 Å². The zero-order valence-electron chi connectivity index (χ0n) is 17.5. The number of hydrogen-bond donors (Lipinski definition) is 1. The van der Waals surface area contributed by atoms with Crippen LogP contribution in [0.5, 0.6) is 5.75 Å². The van der Waals surface area contributed by atoms with Gasteiger partial charge < -0.3 is 9.15 Å². The van der Waals surface area contributed by atoms with Crippen molar-refractivity contribution >= 4 is 29.0 Å². The molecule has 0 saturated heterocycles. The van der Waals surface area contributed by atoms with Crippen LogP contribution in [-0.2, 0) is 6.42 Å². The molecule has 0 aliphatic heterocycles. The van der Waals surface area contributed by atoms with Gasteiger partial charge in [-0.15, -0.1) is 0 Å². The quantitative estimate of drug-likeness (QED) is 0.291. The Kier molecular flexibility index (Phi) is 5.83. The number of aryl methyl sites for hydroxylation is 3. The molecule has 160 valence electrons. The number of hydrazone groups is 1. The topological polar surface area (TPSA) is 63.8 Å². The molecular formula is C24H22ClFN2O3. The molecule has 0 radical (unpaired) electrons. The standard InChI is InChI=1S/C24H22ClFN2O3/c1-13-11-18(12-14(2)22(13)25)30-24(29)23-15(3)21-19(5-4-6-20(21)31-23)28-27-17-9-7-16(26)8-10-17/h7-12,27H,4-6H2,1-3H3/b28-19+. The van der Waals surface area contributed by atoms with E-state index in [1.54, 1.807) is 24.3 Å². The molecule has 3 aromatic rings. The molecular weight excluding hydrogens is 419 g/mol. The number of nitrogens with one attached hydrogen (secondary N) is 1. The normalized spacial score (nSPS) is 14.4. The lowest BCUT2D eigenvalue weighted by atomic mass is 9.93. The third-order valence-corrected chi connectivity index (χ3v) is 5.89. The van der Waals surface area contributed by atoms with Crippen LogP contribution in [0, 0.1) is 26.6 Å². The van der Waals surface area contributed by atoms with Crippen molar-refractivity contribution in [2.75, 3.05) is 5.43 Å². The first-order valence-electron chi connectivity index (χ1n) is 10.0. The van der Waals surface area contributed by atoms with Gasteiger partial charge in [-0.25, -0.2) is 9.18 Å². The van der Waals surface area contributed by atoms with Gasteiger partial charge in [-0.2, -0.15) is 5.10 Å². The number of carbonyl (C=O) groups is 1. The number of nitrogens with zero attached hydrogens (tertiary/aromatic N) is 1. The lowest BCUT2D eigenvalue weighted by Gasteiger charge is -2.13. The fraction of sp³-hybridized carbons (Fsp3) is 0.250. The van der Waals surface area contributed by atoms with Gasteiger partial charge in [-0.05, 0) is 81.1 Å². The summed E-state index contributed by atoms with van der Waals surface area (Å²) < 4.78 is 24.6. The Morgan fingerprint density at radius 2 is 1.81 bits per heavy atom. The zero-order chi connectivity index (χ0) is 22.1. The number of esters is 1. The Hall–Kier alpha value is -3.12. The van der Waals surface area contributed by atoms with Crippen LogP contribution in [0.25, 0.3) is 0 Å². The zero-order valence-corrected chi connectivity index (χ0v) is 18.3. The average Bonchev–Trinajstić information content (AvgIpc) is 3.09. The molecule has 2 aromatic carbocycles. The van der Waals surface area contributed by atoms with Crippen molar-refractivity contribution < 1.29 is 18.3 Å². The molecule has 0 spiro atoms. The van der Waals surface area contributed by atoms with Crippen LogP contribution in [0.2, 0.25) is 5.02 Å². The summed E-state index contributed by atoms with van der Waals surface area (Å²) in [4.78, 5) is 12.8. The van der Waals surface area contributed by atoms with Gasteiger partial charge in [0.15, 0.2) is 0 Å². The van der Waals surface area contributed by atoms with Gasteiger partial charge >= 0.3 is 5.97 Å². The van der Waals surface area contributed by atoms with E-state index in [4.69, 9.17) is 20.8 Å². The summed E-state index contributed by atoms with van der Waals surface area (Å²) in [5.74, 6) is 0.451. The lowest BCUT2D eigenvalue weighted by Crippen LogP contribution is -2.13. The number of benzene rings is 2. The van der Waals surface area contributed by atoms with E-state index in [9.17, 15) is 9.18 Å². The first kappa shape index (κ1) is 21.1. The molecule has 4 rings (SSSR count). The highest BCUT2D eigenvalue weighted by molar-refractivity contribution is 6.32. The van der Waals surface area contributed by atoms with Gasteiger partial charge in [-0.1, -0.05) is 11.6 Å². The fourth-order valence-electron chi connectivity index (χ4n) is 3.75. The highest BCUT2D eigenvalue weighted by Gasteiger charge is 2.29. The van der Waals surface area contributed by atoms with Gasteiger partial charge in [0.25, 0.3) is 0 Å². The summed E-state index contributed by atoms with van der Waals surface area (Å²) >= 11 is 6.20. The maximum absolute atomic E-state index is 13.1. The molecule has 5 nitrogen and oxygen atoms in total. The predicted molar refractivity (Wildman–Crippen MR) is 119 cm³/mol. The second-order valence-corrected chi connectivity index (χ2v) is 8.02. The molecule has 0 unspecified atom stereocenters. The van der Waals surface area contributed by atoms with Crippen molar-refractivity contribution in [3.05, 3.63) is 81.0 Å². The number of ether oxygens (including phenoxy) is 1. The van der Waals surface area contributed by atoms with Crippen molar-refractivity contribution in [3.8, 4) is 5.75 Å². The number of furan rings is 1. The molecule has 31 heavy (non-hydrogen) atoms. The monoisotopic (exact) mass is 440 g/mol. The molecule has 0 amide bonds. The van der Waals surface area contributed by atoms with Crippen LogP contribution < -0.4 is 10.2 Å². The molecule has 1 heterocycles. The number of fused-ring (bicyclic) bond motifs is 1. The molecule has 0 saturated carbocycles. The van der Waals surface area contributed by atoms with Crippen LogP contribution in [0.15, 0.2) is 45.9 Å². The van der Waals surface area contributed by atoms with Gasteiger partial charge in [0.05, 0.1) is 11.4 Å². The number of carbonyl (C=O) groups excluding carboxylic acids is 1. The van der Waals surface area contributed by atoms with Crippen LogP contribution >= 0.6 is 11.6 Å². The van der Waals surface area contributed by atoms with Crippen LogP contribution in [0.3, 0.4) is 0 Å². The third kappa shape index (κ3) is 4.35. The first-order valence-corrected chi connectivity index (χ1v) is 10.4. The van der Waals surface area contributed by atoms with Gasteiger partial charge in [0, 0.05) is 22.6 Å². The Balaban J connectivity index is 1.60. The smallest absolute Gasteiger partial charge is 0.379 e. The summed E-state index contributed by atoms with van der Waals surface area (Å²) in [5, 5.41) is 5.14. The molecule has 1 aromatic heterocycles. The maximum atomic E-state index is 13.1. The molecule has 7 heteroatoms. The number of rotatable bonds is 4. The Labute approximate surface area is 184 Å². The van der Waals surface area contributed by atoms with Crippen LogP contribution in [-0.4, -0.2) is 11.7 Å². The van der Waals surface area contributed by atoms with Crippen molar-refractivity contribution in [1.29, 1.82) is 0 Å². The van der Waals surface area contributed by atoms with E-state index in [-0.39, 0.29) is 11.6 Å². The van der Waals surface area contributed by atoms with E-state index in [1.165, 1.54) is 12.1 Å². The largest absolute Gasteiger partial charge is 0.453 e. The predicted octanol–water partition coefficient (Wildman–Crippen LogP) is 6.37. The Bertz CT molecular complexity index is 1160. The molecule has 1 N–H and O–H groups in total. The summed E-state index contributed by atoms with van der Waals surface area (Å²) in [7, 11) is 0. The molecule has 0 atom stereocenters. The highest BCUT2D eigenvalue weighted by Crippen LogP contribution is 2.32. The molecule has 1 aliphatic carbocycles. The average molecular weight is 441 g/mol. The van der Waals surface area contributed by atoms with Crippen LogP contribution in [0.4, 0.5) is 10.1 Å². The van der Waals surface area contributed by atoms with E-state index in [0.717, 1.165) is 47.4 Å². The summed E-state index contributed by atoms with van der Waals surface area (Å²) in [6.07, 6.45) is 2.32. The minimum atomic E-state index is -0.557. The molecule has 0 fully saturated rings. The van der Waals surface area contributed by atoms with E-state index in [0.29, 0.717) is 22.0 Å². The lowest BCUT2D eigenvalue weighted by molar-refractivity contribution is 0.0698. The highest BCUT2D eigenvalue weighted by atomic mass is 35.5. The van der Waals surface area contributed by atoms with Crippen molar-refractivity contribution in [3.63, 3.8) is 0 Å². The van der Waals surface area contributed by atoms with Gasteiger partial charge in [0.2, 0.25) is 5.76 Å². The fourth-order valence-corrected chi connectivity index (χ4v) is 3.86. The number of hydrogen-bond acceptors (Lipinski definition) is 5. The van der Waals surface area contributed by atoms with E-state index in [1.807, 2.05) is 20.8 Å². The maximum Gasteiger partial charge on any atom is 0.379 e. The summed E-state index contributed by atoms with van der Waals surface area (Å²) in [6.45, 7) is 5.55. The summed E-state index contributed by atoms with van der Waals surface area (Å²) in [5.41, 5.74) is 7.62. The van der Waals surface area contributed by atoms with E-state index < -0.39 is 5.97 Å². The SMILES string of the molecule is Cc1cc(OC(=O)c2oc3c(c2C)/C(=N/Nc2ccc(F)cc2)CCC3)cc(C)c1Cl. The van der Waals surface area contributed by atoms with Crippen molar-refractivity contribution in [2.24, 2.45) is 5.10 Å². The van der Waals surface area contributed by atoms with Crippen molar-refractivity contribution in [2.45, 2.75) is 40.0 Å². The first-order chi connectivity index (χ1) is 14.8. The minimum Gasteiger partial charge on any atom is -0.453 e. The number of halogens is 2. The minimum absolute atomic E-state index is 0.173.